The molecule has 1 aromatic carbocycles. The first-order valence-electron chi connectivity index (χ1n) is 5.83. The molecule has 1 aromatic heterocycles. The molecule has 0 aliphatic carbocycles. The van der Waals surface area contributed by atoms with E-state index in [2.05, 4.69) is 33.0 Å². The van der Waals surface area contributed by atoms with Crippen molar-refractivity contribution in [2.24, 2.45) is 7.05 Å². The maximum Gasteiger partial charge on any atom is 0.170 e. The Morgan fingerprint density at radius 2 is 2.17 bits per heavy atom. The van der Waals surface area contributed by atoms with E-state index in [1.807, 2.05) is 30.7 Å². The zero-order valence-electron chi connectivity index (χ0n) is 10.5. The van der Waals surface area contributed by atoms with Gasteiger partial charge in [-0.1, -0.05) is 28.1 Å². The van der Waals surface area contributed by atoms with Gasteiger partial charge < -0.3 is 4.57 Å². The van der Waals surface area contributed by atoms with Gasteiger partial charge in [0, 0.05) is 17.2 Å². The minimum atomic E-state index is 0.560. The van der Waals surface area contributed by atoms with Crippen LogP contribution in [0.1, 0.15) is 27.6 Å². The van der Waals surface area contributed by atoms with Crippen molar-refractivity contribution in [1.82, 2.24) is 9.55 Å². The lowest BCUT2D eigenvalue weighted by Crippen LogP contribution is -2.02. The molecule has 2 rings (SSSR count). The normalized spacial score (nSPS) is 10.6. The lowest BCUT2D eigenvalue weighted by atomic mass is 10.1. The number of hydrogen-bond donors (Lipinski definition) is 0. The van der Waals surface area contributed by atoms with Crippen molar-refractivity contribution in [3.63, 3.8) is 0 Å². The van der Waals surface area contributed by atoms with E-state index in [-0.39, 0.29) is 0 Å². The Morgan fingerprint density at radius 3 is 2.83 bits per heavy atom. The van der Waals surface area contributed by atoms with Gasteiger partial charge in [0.05, 0.1) is 0 Å². The van der Waals surface area contributed by atoms with Gasteiger partial charge in [-0.25, -0.2) is 4.98 Å². The highest BCUT2D eigenvalue weighted by molar-refractivity contribution is 9.10. The third kappa shape index (κ3) is 2.70. The monoisotopic (exact) mass is 306 g/mol. The average Bonchev–Trinajstić information content (AvgIpc) is 2.63. The summed E-state index contributed by atoms with van der Waals surface area (Å²) < 4.78 is 3.07. The van der Waals surface area contributed by atoms with Crippen LogP contribution in [0.25, 0.3) is 0 Å². The third-order valence-electron chi connectivity index (χ3n) is 3.12. The fraction of sp³-hybridized carbons (Fsp3) is 0.286. The number of nitrogens with zero attached hydrogens (tertiary/aromatic N) is 2. The molecule has 2 aromatic rings. The van der Waals surface area contributed by atoms with Gasteiger partial charge >= 0.3 is 0 Å². The molecule has 3 nitrogen and oxygen atoms in total. The standard InChI is InChI=1S/C14H15BrN2O/c1-10-16-13(9-18)14(17(10)2)7-6-11-4-3-5-12(15)8-11/h3-5,8-9H,6-7H2,1-2H3. The van der Waals surface area contributed by atoms with Gasteiger partial charge in [0.2, 0.25) is 0 Å². The molecule has 4 heteroatoms. The van der Waals surface area contributed by atoms with E-state index in [1.165, 1.54) is 5.56 Å². The van der Waals surface area contributed by atoms with E-state index < -0.39 is 0 Å². The summed E-state index contributed by atoms with van der Waals surface area (Å²) in [4.78, 5) is 15.2. The van der Waals surface area contributed by atoms with E-state index in [0.29, 0.717) is 5.69 Å². The van der Waals surface area contributed by atoms with Crippen molar-refractivity contribution in [3.05, 3.63) is 51.5 Å². The molecule has 0 saturated heterocycles. The molecule has 0 radical (unpaired) electrons. The predicted molar refractivity (Wildman–Crippen MR) is 74.9 cm³/mol. The molecule has 0 unspecified atom stereocenters. The van der Waals surface area contributed by atoms with Crippen molar-refractivity contribution in [2.45, 2.75) is 19.8 Å². The highest BCUT2D eigenvalue weighted by atomic mass is 79.9. The van der Waals surface area contributed by atoms with Crippen LogP contribution in [0.3, 0.4) is 0 Å². The summed E-state index contributed by atoms with van der Waals surface area (Å²) in [6.07, 6.45) is 2.56. The molecule has 0 spiro atoms. The number of halogens is 1. The van der Waals surface area contributed by atoms with Crippen molar-refractivity contribution < 1.29 is 4.79 Å². The lowest BCUT2D eigenvalue weighted by Gasteiger charge is -2.05. The maximum atomic E-state index is 11.0. The Kier molecular flexibility index (Phi) is 3.97. The van der Waals surface area contributed by atoms with E-state index >= 15 is 0 Å². The van der Waals surface area contributed by atoms with E-state index in [0.717, 1.165) is 35.1 Å². The van der Waals surface area contributed by atoms with Crippen molar-refractivity contribution >= 4 is 22.2 Å². The van der Waals surface area contributed by atoms with Crippen molar-refractivity contribution in [2.75, 3.05) is 0 Å². The summed E-state index contributed by atoms with van der Waals surface area (Å²) in [6, 6.07) is 8.22. The van der Waals surface area contributed by atoms with Crippen LogP contribution in [0.15, 0.2) is 28.7 Å². The number of benzene rings is 1. The molecule has 0 atom stereocenters. The Morgan fingerprint density at radius 1 is 1.39 bits per heavy atom. The fourth-order valence-electron chi connectivity index (χ4n) is 2.03. The smallest absolute Gasteiger partial charge is 0.170 e. The Bertz CT molecular complexity index is 575. The SMILES string of the molecule is Cc1nc(C=O)c(CCc2cccc(Br)c2)n1C. The number of aromatic nitrogens is 2. The highest BCUT2D eigenvalue weighted by Gasteiger charge is 2.11. The molecular weight excluding hydrogens is 292 g/mol. The van der Waals surface area contributed by atoms with Crippen LogP contribution in [-0.2, 0) is 19.9 Å². The van der Waals surface area contributed by atoms with Crippen LogP contribution in [0.4, 0.5) is 0 Å². The first-order chi connectivity index (χ1) is 8.61. The molecule has 18 heavy (non-hydrogen) atoms. The topological polar surface area (TPSA) is 34.9 Å². The molecule has 0 fully saturated rings. The maximum absolute atomic E-state index is 11.0. The molecule has 94 valence electrons. The first-order valence-corrected chi connectivity index (χ1v) is 6.63. The predicted octanol–water partition coefficient (Wildman–Crippen LogP) is 3.09. The number of imidazole rings is 1. The third-order valence-corrected chi connectivity index (χ3v) is 3.61. The summed E-state index contributed by atoms with van der Waals surface area (Å²) >= 11 is 3.46. The fourth-order valence-corrected chi connectivity index (χ4v) is 2.47. The quantitative estimate of drug-likeness (QED) is 0.814. The van der Waals surface area contributed by atoms with Crippen LogP contribution in [0, 0.1) is 6.92 Å². The zero-order chi connectivity index (χ0) is 13.1. The number of aldehydes is 1. The van der Waals surface area contributed by atoms with E-state index in [1.54, 1.807) is 0 Å². The van der Waals surface area contributed by atoms with Crippen LogP contribution in [-0.4, -0.2) is 15.8 Å². The largest absolute Gasteiger partial charge is 0.335 e. The molecule has 0 bridgehead atoms. The lowest BCUT2D eigenvalue weighted by molar-refractivity contribution is 0.111. The minimum Gasteiger partial charge on any atom is -0.335 e. The minimum absolute atomic E-state index is 0.560. The second-order valence-electron chi connectivity index (χ2n) is 4.30. The van der Waals surface area contributed by atoms with E-state index in [9.17, 15) is 4.79 Å². The van der Waals surface area contributed by atoms with Crippen molar-refractivity contribution in [3.8, 4) is 0 Å². The first kappa shape index (κ1) is 13.0. The van der Waals surface area contributed by atoms with Gasteiger partial charge in [0.1, 0.15) is 11.5 Å². The molecule has 1 heterocycles. The number of carbonyl (C=O) groups is 1. The molecule has 0 aliphatic rings. The van der Waals surface area contributed by atoms with Gasteiger partial charge in [-0.2, -0.15) is 0 Å². The number of hydrogen-bond acceptors (Lipinski definition) is 2. The number of rotatable bonds is 4. The van der Waals surface area contributed by atoms with Gasteiger partial charge in [-0.15, -0.1) is 0 Å². The average molecular weight is 307 g/mol. The summed E-state index contributed by atoms with van der Waals surface area (Å²) in [5.74, 6) is 0.876. The number of carbonyl (C=O) groups excluding carboxylic acids is 1. The van der Waals surface area contributed by atoms with Gasteiger partial charge in [-0.05, 0) is 37.5 Å². The summed E-state index contributed by atoms with van der Waals surface area (Å²) in [5.41, 5.74) is 2.81. The van der Waals surface area contributed by atoms with Crippen LogP contribution >= 0.6 is 15.9 Å². The van der Waals surface area contributed by atoms with Gasteiger partial charge in [-0.3, -0.25) is 4.79 Å². The summed E-state index contributed by atoms with van der Waals surface area (Å²) in [5, 5.41) is 0. The Balaban J connectivity index is 2.17. The zero-order valence-corrected chi connectivity index (χ0v) is 12.1. The van der Waals surface area contributed by atoms with Crippen molar-refractivity contribution in [1.29, 1.82) is 0 Å². The molecule has 0 saturated carbocycles. The summed E-state index contributed by atoms with van der Waals surface area (Å²) in [6.45, 7) is 1.91. The second kappa shape index (κ2) is 5.48. The molecule has 0 amide bonds. The summed E-state index contributed by atoms with van der Waals surface area (Å²) in [7, 11) is 1.95. The highest BCUT2D eigenvalue weighted by Crippen LogP contribution is 2.15. The van der Waals surface area contributed by atoms with E-state index in [4.69, 9.17) is 0 Å². The molecule has 0 N–H and O–H groups in total. The Labute approximate surface area is 115 Å². The van der Waals surface area contributed by atoms with Gasteiger partial charge in [0.25, 0.3) is 0 Å². The molecule has 0 aliphatic heterocycles. The Hall–Kier alpha value is -1.42. The second-order valence-corrected chi connectivity index (χ2v) is 5.21. The van der Waals surface area contributed by atoms with Crippen LogP contribution in [0.5, 0.6) is 0 Å². The van der Waals surface area contributed by atoms with Gasteiger partial charge in [0.15, 0.2) is 6.29 Å². The van der Waals surface area contributed by atoms with Crippen LogP contribution in [0.2, 0.25) is 0 Å². The van der Waals surface area contributed by atoms with Crippen LogP contribution < -0.4 is 0 Å². The number of aryl methyl sites for hydroxylation is 2. The molecular formula is C14H15BrN2O.